The molecular formula is C22H18N4O5. The Morgan fingerprint density at radius 2 is 1.87 bits per heavy atom. The topological polar surface area (TPSA) is 123 Å². The first-order valence-electron chi connectivity index (χ1n) is 9.44. The average Bonchev–Trinajstić information content (AvgIpc) is 3.10. The molecule has 2 aromatic heterocycles. The van der Waals surface area contributed by atoms with Crippen LogP contribution in [-0.4, -0.2) is 31.2 Å². The van der Waals surface area contributed by atoms with E-state index in [2.05, 4.69) is 14.5 Å². The van der Waals surface area contributed by atoms with Crippen molar-refractivity contribution in [2.45, 2.75) is 6.54 Å². The first-order valence-corrected chi connectivity index (χ1v) is 9.44. The van der Waals surface area contributed by atoms with E-state index in [9.17, 15) is 20.0 Å². The van der Waals surface area contributed by atoms with Gasteiger partial charge in [0, 0.05) is 22.7 Å². The van der Waals surface area contributed by atoms with Gasteiger partial charge in [0.25, 0.3) is 5.88 Å². The number of rotatable bonds is 7. The zero-order valence-electron chi connectivity index (χ0n) is 16.3. The summed E-state index contributed by atoms with van der Waals surface area (Å²) in [5, 5.41) is 21.5. The molecule has 0 spiro atoms. The maximum atomic E-state index is 11.8. The third-order valence-corrected chi connectivity index (χ3v) is 4.66. The summed E-state index contributed by atoms with van der Waals surface area (Å²) in [7, 11) is 0. The van der Waals surface area contributed by atoms with Crippen molar-refractivity contribution in [3.8, 4) is 11.6 Å². The third-order valence-electron chi connectivity index (χ3n) is 4.66. The SMILES string of the molecule is O=c1[nH]c(C=Cc2cn(CCOc3ccccc3)c3ccccc23)nc(O)c1[N+](=O)[O-]. The fraction of sp³-hybridized carbons (Fsp3) is 0.0909. The zero-order valence-corrected chi connectivity index (χ0v) is 16.3. The van der Waals surface area contributed by atoms with Gasteiger partial charge in [0.1, 0.15) is 18.2 Å². The van der Waals surface area contributed by atoms with Crippen LogP contribution in [0.1, 0.15) is 11.4 Å². The highest BCUT2D eigenvalue weighted by molar-refractivity contribution is 5.91. The Kier molecular flexibility index (Phi) is 5.48. The summed E-state index contributed by atoms with van der Waals surface area (Å²) in [6, 6.07) is 17.4. The van der Waals surface area contributed by atoms with Crippen molar-refractivity contribution in [2.75, 3.05) is 6.61 Å². The van der Waals surface area contributed by atoms with E-state index in [4.69, 9.17) is 4.74 Å². The molecule has 0 saturated heterocycles. The first-order chi connectivity index (χ1) is 15.0. The summed E-state index contributed by atoms with van der Waals surface area (Å²) in [6.45, 7) is 1.10. The monoisotopic (exact) mass is 418 g/mol. The fourth-order valence-electron chi connectivity index (χ4n) is 3.26. The number of aromatic hydroxyl groups is 1. The van der Waals surface area contributed by atoms with E-state index in [-0.39, 0.29) is 5.82 Å². The molecule has 2 N–H and O–H groups in total. The van der Waals surface area contributed by atoms with Crippen LogP contribution >= 0.6 is 0 Å². The van der Waals surface area contributed by atoms with Gasteiger partial charge in [-0.15, -0.1) is 0 Å². The molecule has 9 heteroatoms. The Hall–Kier alpha value is -4.40. The van der Waals surface area contributed by atoms with E-state index in [0.29, 0.717) is 13.2 Å². The lowest BCUT2D eigenvalue weighted by Crippen LogP contribution is -2.14. The lowest BCUT2D eigenvalue weighted by molar-refractivity contribution is -0.387. The van der Waals surface area contributed by atoms with E-state index in [1.165, 1.54) is 6.08 Å². The predicted octanol–water partition coefficient (Wildman–Crippen LogP) is 3.59. The molecule has 2 heterocycles. The molecule has 0 aliphatic heterocycles. The molecule has 156 valence electrons. The van der Waals surface area contributed by atoms with E-state index in [0.717, 1.165) is 22.2 Å². The number of H-pyrrole nitrogens is 1. The van der Waals surface area contributed by atoms with Crippen molar-refractivity contribution < 1.29 is 14.8 Å². The van der Waals surface area contributed by atoms with Gasteiger partial charge in [-0.1, -0.05) is 36.4 Å². The van der Waals surface area contributed by atoms with Crippen LogP contribution in [0.5, 0.6) is 11.6 Å². The van der Waals surface area contributed by atoms with Crippen LogP contribution in [0.3, 0.4) is 0 Å². The lowest BCUT2D eigenvalue weighted by Gasteiger charge is -2.08. The fourth-order valence-corrected chi connectivity index (χ4v) is 3.26. The Bertz CT molecular complexity index is 1320. The number of nitro groups is 1. The largest absolute Gasteiger partial charge is 0.492 e. The average molecular weight is 418 g/mol. The summed E-state index contributed by atoms with van der Waals surface area (Å²) in [4.78, 5) is 27.6. The molecule has 4 rings (SSSR count). The Morgan fingerprint density at radius 3 is 2.61 bits per heavy atom. The van der Waals surface area contributed by atoms with Gasteiger partial charge in [-0.05, 0) is 30.4 Å². The molecule has 2 aromatic carbocycles. The number of ether oxygens (including phenoxy) is 1. The molecule has 0 fully saturated rings. The zero-order chi connectivity index (χ0) is 21.8. The second-order valence-corrected chi connectivity index (χ2v) is 6.67. The van der Waals surface area contributed by atoms with E-state index in [1.54, 1.807) is 6.08 Å². The van der Waals surface area contributed by atoms with E-state index < -0.39 is 22.0 Å². The number of aromatic amines is 1. The van der Waals surface area contributed by atoms with Crippen LogP contribution < -0.4 is 10.3 Å². The minimum atomic E-state index is -1.02. The molecule has 0 radical (unpaired) electrons. The second kappa shape index (κ2) is 8.54. The lowest BCUT2D eigenvalue weighted by atomic mass is 10.1. The molecule has 31 heavy (non-hydrogen) atoms. The predicted molar refractivity (Wildman–Crippen MR) is 116 cm³/mol. The molecule has 0 bridgehead atoms. The minimum absolute atomic E-state index is 0.0114. The Balaban J connectivity index is 1.58. The molecule has 4 aromatic rings. The quantitative estimate of drug-likeness (QED) is 0.349. The highest BCUT2D eigenvalue weighted by atomic mass is 16.6. The number of benzene rings is 2. The molecule has 0 aliphatic rings. The van der Waals surface area contributed by atoms with Crippen molar-refractivity contribution in [2.24, 2.45) is 0 Å². The molecular weight excluding hydrogens is 400 g/mol. The summed E-state index contributed by atoms with van der Waals surface area (Å²) >= 11 is 0. The van der Waals surface area contributed by atoms with Gasteiger partial charge in [-0.25, -0.2) is 0 Å². The van der Waals surface area contributed by atoms with Gasteiger partial charge in [-0.2, -0.15) is 4.98 Å². The maximum absolute atomic E-state index is 11.8. The highest BCUT2D eigenvalue weighted by Gasteiger charge is 2.21. The van der Waals surface area contributed by atoms with Gasteiger partial charge >= 0.3 is 11.2 Å². The Morgan fingerprint density at radius 1 is 1.13 bits per heavy atom. The van der Waals surface area contributed by atoms with Gasteiger partial charge in [-0.3, -0.25) is 14.9 Å². The normalized spacial score (nSPS) is 11.2. The van der Waals surface area contributed by atoms with E-state index >= 15 is 0 Å². The number of hydrogen-bond donors (Lipinski definition) is 2. The van der Waals surface area contributed by atoms with Crippen LogP contribution in [0.2, 0.25) is 0 Å². The van der Waals surface area contributed by atoms with Crippen molar-refractivity contribution in [1.82, 2.24) is 14.5 Å². The summed E-state index contributed by atoms with van der Waals surface area (Å²) in [5.74, 6) is -0.113. The molecule has 0 saturated carbocycles. The van der Waals surface area contributed by atoms with Gasteiger partial charge < -0.3 is 19.4 Å². The van der Waals surface area contributed by atoms with Crippen molar-refractivity contribution >= 4 is 28.7 Å². The van der Waals surface area contributed by atoms with Crippen LogP contribution in [0.25, 0.3) is 23.1 Å². The maximum Gasteiger partial charge on any atom is 0.395 e. The summed E-state index contributed by atoms with van der Waals surface area (Å²) in [6.07, 6.45) is 5.15. The van der Waals surface area contributed by atoms with Gasteiger partial charge in [0.15, 0.2) is 0 Å². The number of nitrogens with one attached hydrogen (secondary N) is 1. The van der Waals surface area contributed by atoms with Crippen LogP contribution in [0.4, 0.5) is 5.69 Å². The number of aromatic nitrogens is 3. The summed E-state index contributed by atoms with van der Waals surface area (Å²) < 4.78 is 7.84. The molecule has 0 amide bonds. The van der Waals surface area contributed by atoms with Crippen LogP contribution in [0, 0.1) is 10.1 Å². The second-order valence-electron chi connectivity index (χ2n) is 6.67. The third kappa shape index (κ3) is 4.30. The van der Waals surface area contributed by atoms with Crippen LogP contribution in [-0.2, 0) is 6.54 Å². The Labute approximate surface area is 176 Å². The van der Waals surface area contributed by atoms with Crippen molar-refractivity contribution in [3.05, 3.63) is 92.7 Å². The standard InChI is InChI=1S/C22H18N4O5/c27-21-20(26(29)30)22(28)24-19(23-21)11-10-15-14-25(18-9-5-4-8-17(15)18)12-13-31-16-6-2-1-3-7-16/h1-11,14H,12-13H2,(H2,23,24,27,28). The number of nitrogens with zero attached hydrogens (tertiary/aromatic N) is 3. The smallest absolute Gasteiger partial charge is 0.395 e. The van der Waals surface area contributed by atoms with Crippen molar-refractivity contribution in [1.29, 1.82) is 0 Å². The van der Waals surface area contributed by atoms with Crippen molar-refractivity contribution in [3.63, 3.8) is 0 Å². The van der Waals surface area contributed by atoms with Gasteiger partial charge in [0.05, 0.1) is 11.5 Å². The first kappa shape index (κ1) is 19.9. The number of hydrogen-bond acceptors (Lipinski definition) is 6. The van der Waals surface area contributed by atoms with Crippen LogP contribution in [0.15, 0.2) is 65.6 Å². The highest BCUT2D eigenvalue weighted by Crippen LogP contribution is 2.24. The number of para-hydroxylation sites is 2. The van der Waals surface area contributed by atoms with E-state index in [1.807, 2.05) is 60.8 Å². The minimum Gasteiger partial charge on any atom is -0.492 e. The van der Waals surface area contributed by atoms with Gasteiger partial charge in [0.2, 0.25) is 0 Å². The molecule has 9 nitrogen and oxygen atoms in total. The molecule has 0 unspecified atom stereocenters. The molecule has 0 atom stereocenters. The number of fused-ring (bicyclic) bond motifs is 1. The summed E-state index contributed by atoms with van der Waals surface area (Å²) in [5.41, 5.74) is -0.132. The molecule has 0 aliphatic carbocycles.